The minimum Gasteiger partial charge on any atom is -0.494 e. The molecule has 0 spiro atoms. The molecule has 1 N–H and O–H groups in total. The molecule has 7 heteroatoms. The predicted octanol–water partition coefficient (Wildman–Crippen LogP) is 4.52. The maximum absolute atomic E-state index is 13.5. The normalized spacial score (nSPS) is 11.0. The zero-order valence-corrected chi connectivity index (χ0v) is 17.7. The van der Waals surface area contributed by atoms with Gasteiger partial charge in [-0.15, -0.1) is 0 Å². The van der Waals surface area contributed by atoms with Crippen LogP contribution in [-0.4, -0.2) is 15.5 Å². The molecule has 2 aromatic heterocycles. The molecule has 0 unspecified atom stereocenters. The van der Waals surface area contributed by atoms with Crippen LogP contribution in [-0.2, 0) is 6.54 Å². The van der Waals surface area contributed by atoms with Gasteiger partial charge in [0.05, 0.1) is 12.1 Å². The number of fused-ring (bicyclic) bond motifs is 1. The van der Waals surface area contributed by atoms with Gasteiger partial charge >= 0.3 is 0 Å². The molecule has 0 fully saturated rings. The number of aromatic hydroxyl groups is 1. The molecule has 0 saturated heterocycles. The minimum atomic E-state index is -0.736. The Kier molecular flexibility index (Phi) is 5.15. The Morgan fingerprint density at radius 3 is 2.47 bits per heavy atom. The highest BCUT2D eigenvalue weighted by molar-refractivity contribution is 6.12. The van der Waals surface area contributed by atoms with Crippen molar-refractivity contribution in [3.63, 3.8) is 0 Å². The van der Waals surface area contributed by atoms with Crippen molar-refractivity contribution in [2.45, 2.75) is 27.3 Å². The summed E-state index contributed by atoms with van der Waals surface area (Å²) >= 11 is 0. The van der Waals surface area contributed by atoms with E-state index in [-0.39, 0.29) is 29.0 Å². The molecule has 160 valence electrons. The summed E-state index contributed by atoms with van der Waals surface area (Å²) in [6.07, 6.45) is 0. The van der Waals surface area contributed by atoms with Crippen molar-refractivity contribution in [1.82, 2.24) is 4.57 Å². The fourth-order valence-corrected chi connectivity index (χ4v) is 3.81. The summed E-state index contributed by atoms with van der Waals surface area (Å²) in [5.74, 6) is -1.62. The summed E-state index contributed by atoms with van der Waals surface area (Å²) in [6, 6.07) is 12.7. The van der Waals surface area contributed by atoms with Gasteiger partial charge in [0.1, 0.15) is 23.0 Å². The summed E-state index contributed by atoms with van der Waals surface area (Å²) in [4.78, 5) is 26.3. The average molecular weight is 430 g/mol. The van der Waals surface area contributed by atoms with Crippen molar-refractivity contribution in [3.8, 4) is 11.9 Å². The zero-order valence-electron chi connectivity index (χ0n) is 17.7. The van der Waals surface area contributed by atoms with Crippen molar-refractivity contribution >= 4 is 16.8 Å². The Labute approximate surface area is 182 Å². The molecule has 0 aliphatic heterocycles. The van der Waals surface area contributed by atoms with Gasteiger partial charge in [0.2, 0.25) is 11.7 Å². The molecule has 0 aliphatic rings. The van der Waals surface area contributed by atoms with E-state index in [1.165, 1.54) is 31.2 Å². The molecule has 2 aromatic carbocycles. The molecule has 0 radical (unpaired) electrons. The Bertz CT molecular complexity index is 1490. The number of carbonyl (C=O) groups excluding carboxylic acids is 1. The van der Waals surface area contributed by atoms with E-state index in [9.17, 15) is 24.3 Å². The smallest absolute Gasteiger partial charge is 0.271 e. The van der Waals surface area contributed by atoms with Gasteiger partial charge in [-0.2, -0.15) is 5.26 Å². The number of ketones is 1. The quantitative estimate of drug-likeness (QED) is 0.481. The second-order valence-corrected chi connectivity index (χ2v) is 7.71. The number of aromatic nitrogens is 1. The third-order valence-corrected chi connectivity index (χ3v) is 5.58. The van der Waals surface area contributed by atoms with Crippen LogP contribution in [0.1, 0.15) is 43.9 Å². The molecule has 6 nitrogen and oxygen atoms in total. The van der Waals surface area contributed by atoms with E-state index in [4.69, 9.17) is 4.42 Å². The molecule has 4 aromatic rings. The maximum atomic E-state index is 13.5. The molecule has 2 heterocycles. The lowest BCUT2D eigenvalue weighted by Gasteiger charge is -2.15. The third-order valence-electron chi connectivity index (χ3n) is 5.58. The largest absolute Gasteiger partial charge is 0.494 e. The van der Waals surface area contributed by atoms with Gasteiger partial charge in [0, 0.05) is 10.9 Å². The number of carbonyl (C=O) groups is 1. The van der Waals surface area contributed by atoms with Gasteiger partial charge in [-0.1, -0.05) is 23.8 Å². The van der Waals surface area contributed by atoms with E-state index in [0.29, 0.717) is 16.7 Å². The number of rotatable bonds is 4. The molecular weight excluding hydrogens is 411 g/mol. The van der Waals surface area contributed by atoms with Crippen LogP contribution in [0, 0.1) is 37.9 Å². The van der Waals surface area contributed by atoms with Crippen LogP contribution in [0.3, 0.4) is 0 Å². The van der Waals surface area contributed by atoms with Crippen LogP contribution in [0.25, 0.3) is 11.0 Å². The summed E-state index contributed by atoms with van der Waals surface area (Å²) < 4.78 is 20.0. The van der Waals surface area contributed by atoms with E-state index in [1.54, 1.807) is 13.0 Å². The Morgan fingerprint density at radius 1 is 1.12 bits per heavy atom. The van der Waals surface area contributed by atoms with Gasteiger partial charge in [-0.05, 0) is 56.2 Å². The summed E-state index contributed by atoms with van der Waals surface area (Å²) in [7, 11) is 0. The topological polar surface area (TPSA) is 96.2 Å². The van der Waals surface area contributed by atoms with Gasteiger partial charge in [-0.25, -0.2) is 4.39 Å². The van der Waals surface area contributed by atoms with Gasteiger partial charge < -0.3 is 9.52 Å². The van der Waals surface area contributed by atoms with Crippen molar-refractivity contribution in [3.05, 3.63) is 97.8 Å². The first-order chi connectivity index (χ1) is 15.2. The predicted molar refractivity (Wildman–Crippen MR) is 116 cm³/mol. The Morgan fingerprint density at radius 2 is 1.81 bits per heavy atom. The number of benzene rings is 2. The molecule has 32 heavy (non-hydrogen) atoms. The first kappa shape index (κ1) is 21.1. The van der Waals surface area contributed by atoms with Crippen molar-refractivity contribution in [1.29, 1.82) is 5.26 Å². The number of hydrogen-bond acceptors (Lipinski definition) is 5. The molecule has 0 bridgehead atoms. The van der Waals surface area contributed by atoms with Crippen LogP contribution < -0.4 is 5.56 Å². The number of furan rings is 1. The van der Waals surface area contributed by atoms with E-state index < -0.39 is 23.0 Å². The van der Waals surface area contributed by atoms with E-state index in [1.807, 2.05) is 25.1 Å². The number of aryl methyl sites for hydroxylation is 2. The zero-order chi connectivity index (χ0) is 23.2. The SMILES string of the molecule is Cc1ccc2oc(C(=O)c3c(C)c(C#N)c(=O)n(Cc4ccc(F)cc4)c3O)c(C)c2c1. The maximum Gasteiger partial charge on any atom is 0.271 e. The minimum absolute atomic E-state index is 0.0277. The average Bonchev–Trinajstić information content (AvgIpc) is 3.08. The lowest BCUT2D eigenvalue weighted by molar-refractivity contribution is 0.101. The third kappa shape index (κ3) is 3.36. The molecule has 0 saturated carbocycles. The lowest BCUT2D eigenvalue weighted by atomic mass is 9.98. The Balaban J connectivity index is 1.91. The fourth-order valence-electron chi connectivity index (χ4n) is 3.81. The first-order valence-corrected chi connectivity index (χ1v) is 9.88. The highest BCUT2D eigenvalue weighted by Gasteiger charge is 2.28. The number of hydrogen-bond donors (Lipinski definition) is 1. The van der Waals surface area contributed by atoms with Gasteiger partial charge in [0.25, 0.3) is 5.56 Å². The van der Waals surface area contributed by atoms with E-state index in [0.717, 1.165) is 15.5 Å². The first-order valence-electron chi connectivity index (χ1n) is 9.88. The van der Waals surface area contributed by atoms with Crippen LogP contribution in [0.5, 0.6) is 5.88 Å². The second-order valence-electron chi connectivity index (χ2n) is 7.71. The summed E-state index contributed by atoms with van der Waals surface area (Å²) in [6.45, 7) is 4.97. The van der Waals surface area contributed by atoms with Crippen molar-refractivity contribution in [2.24, 2.45) is 0 Å². The Hall–Kier alpha value is -4.18. The fraction of sp³-hybridized carbons (Fsp3) is 0.160. The van der Waals surface area contributed by atoms with Crippen LogP contribution in [0.2, 0.25) is 0 Å². The molecule has 0 amide bonds. The van der Waals surface area contributed by atoms with Crippen molar-refractivity contribution < 1.29 is 18.7 Å². The van der Waals surface area contributed by atoms with Gasteiger partial charge in [0.15, 0.2) is 5.76 Å². The molecule has 4 rings (SSSR count). The van der Waals surface area contributed by atoms with Crippen molar-refractivity contribution in [2.75, 3.05) is 0 Å². The molecule has 0 aliphatic carbocycles. The molecule has 0 atom stereocenters. The molecular formula is C25H19FN2O4. The van der Waals surface area contributed by atoms with E-state index >= 15 is 0 Å². The van der Waals surface area contributed by atoms with Gasteiger partial charge in [-0.3, -0.25) is 14.2 Å². The number of nitriles is 1. The van der Waals surface area contributed by atoms with E-state index in [2.05, 4.69) is 0 Å². The number of nitrogens with zero attached hydrogens (tertiary/aromatic N) is 2. The standard InChI is InChI=1S/C25H19FN2O4/c1-13-4-9-20-18(10-13)15(3)23(32-20)22(29)21-14(2)19(11-27)24(30)28(25(21)31)12-16-5-7-17(26)8-6-16/h4-10,31H,12H2,1-3H3. The highest BCUT2D eigenvalue weighted by Crippen LogP contribution is 2.31. The summed E-state index contributed by atoms with van der Waals surface area (Å²) in [5.41, 5.74) is 1.55. The lowest BCUT2D eigenvalue weighted by Crippen LogP contribution is -2.27. The monoisotopic (exact) mass is 430 g/mol. The second kappa shape index (κ2) is 7.82. The summed E-state index contributed by atoms with van der Waals surface area (Å²) in [5, 5.41) is 21.3. The van der Waals surface area contributed by atoms with Crippen LogP contribution >= 0.6 is 0 Å². The highest BCUT2D eigenvalue weighted by atomic mass is 19.1. The van der Waals surface area contributed by atoms with Crippen LogP contribution in [0.4, 0.5) is 4.39 Å². The number of pyridine rings is 1. The van der Waals surface area contributed by atoms with Crippen LogP contribution in [0.15, 0.2) is 51.7 Å². The number of halogens is 1.